The number of carbonyl (C=O) groups is 2. The summed E-state index contributed by atoms with van der Waals surface area (Å²) < 4.78 is 0. The monoisotopic (exact) mass is 142 g/mol. The first-order valence-electron chi connectivity index (χ1n) is 3.24. The maximum atomic E-state index is 10.9. The summed E-state index contributed by atoms with van der Waals surface area (Å²) in [6.07, 6.45) is 2.07. The van der Waals surface area contributed by atoms with Gasteiger partial charge in [-0.2, -0.15) is 0 Å². The van der Waals surface area contributed by atoms with Crippen LogP contribution in [0.15, 0.2) is 0 Å². The van der Waals surface area contributed by atoms with E-state index >= 15 is 0 Å². The number of amides is 2. The summed E-state index contributed by atoms with van der Waals surface area (Å²) in [5.41, 5.74) is 0. The summed E-state index contributed by atoms with van der Waals surface area (Å²) >= 11 is 0. The number of hydrogen-bond donors (Lipinski definition) is 0. The molecule has 0 spiro atoms. The van der Waals surface area contributed by atoms with Crippen molar-refractivity contribution in [3.63, 3.8) is 0 Å². The zero-order valence-electron chi connectivity index (χ0n) is 5.91. The van der Waals surface area contributed by atoms with Crippen molar-refractivity contribution in [2.45, 2.75) is 12.8 Å². The highest BCUT2D eigenvalue weighted by Crippen LogP contribution is 2.09. The van der Waals surface area contributed by atoms with Gasteiger partial charge < -0.3 is 0 Å². The van der Waals surface area contributed by atoms with Gasteiger partial charge in [-0.3, -0.25) is 19.6 Å². The Balaban J connectivity index is 2.54. The van der Waals surface area contributed by atoms with Gasteiger partial charge in [0.2, 0.25) is 12.3 Å². The molecule has 0 atom stereocenters. The fraction of sp³-hybridized carbons (Fsp3) is 0.667. The maximum absolute atomic E-state index is 10.9. The number of hydrogen-bond acceptors (Lipinski definition) is 2. The molecule has 4 nitrogen and oxygen atoms in total. The van der Waals surface area contributed by atoms with Crippen molar-refractivity contribution in [3.05, 3.63) is 0 Å². The van der Waals surface area contributed by atoms with Crippen molar-refractivity contribution >= 4 is 12.3 Å². The van der Waals surface area contributed by atoms with E-state index in [1.54, 1.807) is 7.05 Å². The van der Waals surface area contributed by atoms with Crippen molar-refractivity contribution in [1.82, 2.24) is 10.0 Å². The SMILES string of the molecule is CN(C=O)N1CCCC1=O. The Morgan fingerprint density at radius 2 is 2.40 bits per heavy atom. The van der Waals surface area contributed by atoms with Crippen LogP contribution < -0.4 is 0 Å². The van der Waals surface area contributed by atoms with Crippen molar-refractivity contribution in [3.8, 4) is 0 Å². The average molecular weight is 142 g/mol. The van der Waals surface area contributed by atoms with E-state index < -0.39 is 0 Å². The van der Waals surface area contributed by atoms with E-state index in [-0.39, 0.29) is 5.91 Å². The van der Waals surface area contributed by atoms with Crippen LogP contribution in [0, 0.1) is 0 Å². The third-order valence-electron chi connectivity index (χ3n) is 1.58. The van der Waals surface area contributed by atoms with Gasteiger partial charge in [0.05, 0.1) is 0 Å². The largest absolute Gasteiger partial charge is 0.277 e. The predicted octanol–water partition coefficient (Wildman–Crippen LogP) is -0.388. The first-order chi connectivity index (χ1) is 4.75. The zero-order chi connectivity index (χ0) is 7.56. The normalized spacial score (nSPS) is 17.7. The number of nitrogens with zero attached hydrogens (tertiary/aromatic N) is 2. The molecule has 0 bridgehead atoms. The van der Waals surface area contributed by atoms with Crippen molar-refractivity contribution in [2.24, 2.45) is 0 Å². The second-order valence-electron chi connectivity index (χ2n) is 2.30. The fourth-order valence-corrected chi connectivity index (χ4v) is 1.02. The molecule has 4 heteroatoms. The molecule has 0 radical (unpaired) electrons. The molecule has 56 valence electrons. The maximum Gasteiger partial charge on any atom is 0.241 e. The molecule has 0 aromatic carbocycles. The van der Waals surface area contributed by atoms with Gasteiger partial charge in [0.15, 0.2) is 0 Å². The molecule has 1 heterocycles. The smallest absolute Gasteiger partial charge is 0.241 e. The molecular formula is C6H10N2O2. The van der Waals surface area contributed by atoms with Crippen LogP contribution in [0.1, 0.15) is 12.8 Å². The summed E-state index contributed by atoms with van der Waals surface area (Å²) in [5, 5.41) is 2.74. The van der Waals surface area contributed by atoms with Gasteiger partial charge in [-0.15, -0.1) is 0 Å². The average Bonchev–Trinajstić information content (AvgIpc) is 2.34. The van der Waals surface area contributed by atoms with Crippen LogP contribution >= 0.6 is 0 Å². The highest BCUT2D eigenvalue weighted by molar-refractivity contribution is 5.78. The standard InChI is InChI=1S/C6H10N2O2/c1-7(5-9)8-4-2-3-6(8)10/h5H,2-4H2,1H3. The van der Waals surface area contributed by atoms with E-state index in [2.05, 4.69) is 0 Å². The van der Waals surface area contributed by atoms with Gasteiger partial charge in [0.1, 0.15) is 0 Å². The predicted molar refractivity (Wildman–Crippen MR) is 34.8 cm³/mol. The first kappa shape index (κ1) is 7.05. The van der Waals surface area contributed by atoms with Crippen LogP contribution in [-0.4, -0.2) is 35.9 Å². The number of hydrazine groups is 1. The lowest BCUT2D eigenvalue weighted by Crippen LogP contribution is -2.39. The molecule has 10 heavy (non-hydrogen) atoms. The molecule has 1 aliphatic rings. The molecule has 0 unspecified atom stereocenters. The lowest BCUT2D eigenvalue weighted by molar-refractivity contribution is -0.148. The third kappa shape index (κ3) is 1.10. The van der Waals surface area contributed by atoms with Gasteiger partial charge in [-0.05, 0) is 6.42 Å². The highest BCUT2D eigenvalue weighted by atomic mass is 16.2. The number of rotatable bonds is 2. The highest BCUT2D eigenvalue weighted by Gasteiger charge is 2.22. The van der Waals surface area contributed by atoms with Gasteiger partial charge in [-0.25, -0.2) is 0 Å². The Morgan fingerprint density at radius 1 is 1.70 bits per heavy atom. The molecule has 2 amide bonds. The Morgan fingerprint density at radius 3 is 2.80 bits per heavy atom. The molecule has 1 aliphatic heterocycles. The van der Waals surface area contributed by atoms with Crippen LogP contribution in [0.3, 0.4) is 0 Å². The first-order valence-corrected chi connectivity index (χ1v) is 3.24. The summed E-state index contributed by atoms with van der Waals surface area (Å²) in [4.78, 5) is 21.1. The topological polar surface area (TPSA) is 40.6 Å². The summed E-state index contributed by atoms with van der Waals surface area (Å²) in [7, 11) is 1.58. The van der Waals surface area contributed by atoms with Gasteiger partial charge in [0, 0.05) is 20.0 Å². The van der Waals surface area contributed by atoms with Crippen molar-refractivity contribution in [2.75, 3.05) is 13.6 Å². The number of carbonyl (C=O) groups excluding carboxylic acids is 2. The van der Waals surface area contributed by atoms with Gasteiger partial charge in [-0.1, -0.05) is 0 Å². The molecule has 0 saturated carbocycles. The zero-order valence-corrected chi connectivity index (χ0v) is 5.91. The van der Waals surface area contributed by atoms with Crippen LogP contribution in [0.2, 0.25) is 0 Å². The summed E-state index contributed by atoms with van der Waals surface area (Å²) in [5.74, 6) is 0.0367. The minimum Gasteiger partial charge on any atom is -0.277 e. The minimum absolute atomic E-state index is 0.0367. The lowest BCUT2D eigenvalue weighted by Gasteiger charge is -2.22. The Labute approximate surface area is 59.4 Å². The quantitative estimate of drug-likeness (QED) is 0.493. The van der Waals surface area contributed by atoms with Crippen molar-refractivity contribution in [1.29, 1.82) is 0 Å². The van der Waals surface area contributed by atoms with E-state index in [1.165, 1.54) is 10.0 Å². The van der Waals surface area contributed by atoms with Crippen molar-refractivity contribution < 1.29 is 9.59 Å². The second kappa shape index (κ2) is 2.68. The van der Waals surface area contributed by atoms with Crippen LogP contribution in [0.25, 0.3) is 0 Å². The van der Waals surface area contributed by atoms with Crippen LogP contribution in [0.4, 0.5) is 0 Å². The van der Waals surface area contributed by atoms with Gasteiger partial charge in [0.25, 0.3) is 0 Å². The van der Waals surface area contributed by atoms with Gasteiger partial charge >= 0.3 is 0 Å². The molecular weight excluding hydrogens is 132 g/mol. The fourth-order valence-electron chi connectivity index (χ4n) is 1.02. The Bertz CT molecular complexity index is 158. The van der Waals surface area contributed by atoms with Crippen LogP contribution in [0.5, 0.6) is 0 Å². The second-order valence-corrected chi connectivity index (χ2v) is 2.30. The molecule has 0 aromatic heterocycles. The molecule has 0 aliphatic carbocycles. The molecule has 1 saturated heterocycles. The summed E-state index contributed by atoms with van der Waals surface area (Å²) in [6.45, 7) is 0.675. The van der Waals surface area contributed by atoms with E-state index in [0.29, 0.717) is 19.4 Å². The molecule has 1 fully saturated rings. The summed E-state index contributed by atoms with van der Waals surface area (Å²) in [6, 6.07) is 0. The lowest BCUT2D eigenvalue weighted by atomic mass is 10.4. The minimum atomic E-state index is 0.0367. The Hall–Kier alpha value is -1.06. The van der Waals surface area contributed by atoms with E-state index in [0.717, 1.165) is 6.42 Å². The third-order valence-corrected chi connectivity index (χ3v) is 1.58. The van der Waals surface area contributed by atoms with Crippen LogP contribution in [-0.2, 0) is 9.59 Å². The Kier molecular flexibility index (Phi) is 1.89. The molecule has 1 rings (SSSR count). The molecule has 0 N–H and O–H groups in total. The van der Waals surface area contributed by atoms with E-state index in [9.17, 15) is 9.59 Å². The van der Waals surface area contributed by atoms with E-state index in [1.807, 2.05) is 0 Å². The molecule has 0 aromatic rings. The van der Waals surface area contributed by atoms with E-state index in [4.69, 9.17) is 0 Å².